The van der Waals surface area contributed by atoms with Gasteiger partial charge >= 0.3 is 0 Å². The number of benzene rings is 1. The number of nitrogens with one attached hydrogen (secondary N) is 1. The maximum Gasteiger partial charge on any atom is 0.141 e. The van der Waals surface area contributed by atoms with E-state index in [1.54, 1.807) is 10.9 Å². The summed E-state index contributed by atoms with van der Waals surface area (Å²) in [5.74, 6) is -0.304. The first-order chi connectivity index (χ1) is 11.6. The van der Waals surface area contributed by atoms with Gasteiger partial charge in [-0.05, 0) is 46.6 Å². The highest BCUT2D eigenvalue weighted by Gasteiger charge is 2.15. The molecule has 4 rings (SSSR count). The van der Waals surface area contributed by atoms with Crippen LogP contribution in [0.5, 0.6) is 0 Å². The third-order valence-corrected chi connectivity index (χ3v) is 4.35. The molecule has 0 atom stereocenters. The Balaban J connectivity index is 1.72. The molecular weight excluding hydrogens is 375 g/mol. The van der Waals surface area contributed by atoms with Gasteiger partial charge in [0, 0.05) is 11.6 Å². The molecule has 0 aliphatic rings. The minimum atomic E-state index is -0.304. The smallest absolute Gasteiger partial charge is 0.141 e. The summed E-state index contributed by atoms with van der Waals surface area (Å²) in [6.07, 6.45) is 3.31. The van der Waals surface area contributed by atoms with Gasteiger partial charge < -0.3 is 4.98 Å². The Morgan fingerprint density at radius 3 is 2.88 bits per heavy atom. The number of aromatic amines is 1. The fourth-order valence-corrected chi connectivity index (χ4v) is 2.83. The molecule has 120 valence electrons. The number of hydrogen-bond acceptors (Lipinski definition) is 4. The SMILES string of the molecule is Cc1nn(Cc2ccc(Br)c(F)c2)nc1-c1ncnc2[nH]ccc12. The first-order valence-corrected chi connectivity index (χ1v) is 8.05. The molecule has 6 nitrogen and oxygen atoms in total. The van der Waals surface area contributed by atoms with Crippen LogP contribution in [-0.2, 0) is 6.54 Å². The van der Waals surface area contributed by atoms with Gasteiger partial charge in [0.2, 0.25) is 0 Å². The first kappa shape index (κ1) is 14.9. The van der Waals surface area contributed by atoms with E-state index in [0.717, 1.165) is 28.0 Å². The van der Waals surface area contributed by atoms with Crippen LogP contribution in [0.1, 0.15) is 11.3 Å². The van der Waals surface area contributed by atoms with E-state index in [2.05, 4.69) is 41.1 Å². The maximum atomic E-state index is 13.7. The number of aryl methyl sites for hydroxylation is 1. The largest absolute Gasteiger partial charge is 0.346 e. The van der Waals surface area contributed by atoms with E-state index < -0.39 is 0 Å². The molecule has 3 aromatic heterocycles. The van der Waals surface area contributed by atoms with Gasteiger partial charge in [0.1, 0.15) is 29.2 Å². The lowest BCUT2D eigenvalue weighted by Crippen LogP contribution is -2.04. The van der Waals surface area contributed by atoms with Crippen molar-refractivity contribution < 1.29 is 4.39 Å². The lowest BCUT2D eigenvalue weighted by Gasteiger charge is -2.02. The van der Waals surface area contributed by atoms with E-state index in [1.807, 2.05) is 25.3 Å². The van der Waals surface area contributed by atoms with E-state index in [0.29, 0.717) is 16.7 Å². The van der Waals surface area contributed by atoms with Crippen molar-refractivity contribution in [2.75, 3.05) is 0 Å². The topological polar surface area (TPSA) is 72.3 Å². The van der Waals surface area contributed by atoms with Gasteiger partial charge in [-0.1, -0.05) is 6.07 Å². The highest BCUT2D eigenvalue weighted by atomic mass is 79.9. The van der Waals surface area contributed by atoms with Crippen molar-refractivity contribution in [2.24, 2.45) is 0 Å². The minimum absolute atomic E-state index is 0.304. The Morgan fingerprint density at radius 1 is 1.17 bits per heavy atom. The van der Waals surface area contributed by atoms with Gasteiger partial charge in [-0.3, -0.25) is 0 Å². The standard InChI is InChI=1S/C16H12BrFN6/c1-9-14(15-11-4-5-19-16(11)21-8-20-15)23-24(22-9)7-10-2-3-12(17)13(18)6-10/h2-6,8H,7H2,1H3,(H,19,20,21). The number of rotatable bonds is 3. The van der Waals surface area contributed by atoms with Crippen LogP contribution in [0.25, 0.3) is 22.4 Å². The predicted molar refractivity (Wildman–Crippen MR) is 90.8 cm³/mol. The molecule has 0 aliphatic carbocycles. The third-order valence-electron chi connectivity index (χ3n) is 3.71. The highest BCUT2D eigenvalue weighted by molar-refractivity contribution is 9.10. The molecule has 0 spiro atoms. The van der Waals surface area contributed by atoms with Crippen LogP contribution in [0.3, 0.4) is 0 Å². The fourth-order valence-electron chi connectivity index (χ4n) is 2.58. The number of fused-ring (bicyclic) bond motifs is 1. The molecule has 1 N–H and O–H groups in total. The summed E-state index contributed by atoms with van der Waals surface area (Å²) < 4.78 is 14.1. The summed E-state index contributed by atoms with van der Waals surface area (Å²) in [6, 6.07) is 6.89. The van der Waals surface area contributed by atoms with Crippen molar-refractivity contribution in [3.8, 4) is 11.4 Å². The van der Waals surface area contributed by atoms with E-state index >= 15 is 0 Å². The average Bonchev–Trinajstić information content (AvgIpc) is 3.17. The Morgan fingerprint density at radius 2 is 2.04 bits per heavy atom. The molecule has 1 aromatic carbocycles. The number of H-pyrrole nitrogens is 1. The summed E-state index contributed by atoms with van der Waals surface area (Å²) >= 11 is 3.15. The van der Waals surface area contributed by atoms with Crippen LogP contribution in [0, 0.1) is 12.7 Å². The van der Waals surface area contributed by atoms with Crippen molar-refractivity contribution >= 4 is 27.0 Å². The summed E-state index contributed by atoms with van der Waals surface area (Å²) in [6.45, 7) is 2.26. The summed E-state index contributed by atoms with van der Waals surface area (Å²) in [5, 5.41) is 9.84. The zero-order valence-corrected chi connectivity index (χ0v) is 14.2. The second-order valence-corrected chi connectivity index (χ2v) is 6.23. The van der Waals surface area contributed by atoms with E-state index in [-0.39, 0.29) is 5.82 Å². The molecule has 3 heterocycles. The molecular formula is C16H12BrFN6. The molecule has 0 bridgehead atoms. The molecule has 24 heavy (non-hydrogen) atoms. The molecule has 0 saturated heterocycles. The summed E-state index contributed by atoms with van der Waals surface area (Å²) in [5.41, 5.74) is 3.72. The van der Waals surface area contributed by atoms with Gasteiger partial charge in [0.25, 0.3) is 0 Å². The van der Waals surface area contributed by atoms with Gasteiger partial charge in [-0.25, -0.2) is 14.4 Å². The number of hydrogen-bond donors (Lipinski definition) is 1. The van der Waals surface area contributed by atoms with Crippen molar-refractivity contribution in [1.82, 2.24) is 29.9 Å². The normalized spacial score (nSPS) is 11.3. The molecule has 4 aromatic rings. The van der Waals surface area contributed by atoms with Crippen LogP contribution >= 0.6 is 15.9 Å². The molecule has 0 amide bonds. The number of nitrogens with zero attached hydrogens (tertiary/aromatic N) is 5. The van der Waals surface area contributed by atoms with Crippen molar-refractivity contribution in [3.63, 3.8) is 0 Å². The quantitative estimate of drug-likeness (QED) is 0.584. The maximum absolute atomic E-state index is 13.7. The lowest BCUT2D eigenvalue weighted by molar-refractivity contribution is 0.579. The Labute approximate surface area is 144 Å². The lowest BCUT2D eigenvalue weighted by atomic mass is 10.2. The monoisotopic (exact) mass is 386 g/mol. The molecule has 0 aliphatic heterocycles. The fraction of sp³-hybridized carbons (Fsp3) is 0.125. The zero-order valence-electron chi connectivity index (χ0n) is 12.7. The zero-order chi connectivity index (χ0) is 16.7. The second kappa shape index (κ2) is 5.79. The predicted octanol–water partition coefficient (Wildman–Crippen LogP) is 3.47. The second-order valence-electron chi connectivity index (χ2n) is 5.38. The van der Waals surface area contributed by atoms with Crippen LogP contribution in [0.15, 0.2) is 41.3 Å². The number of halogens is 2. The van der Waals surface area contributed by atoms with E-state index in [9.17, 15) is 4.39 Å². The van der Waals surface area contributed by atoms with Gasteiger partial charge in [0.15, 0.2) is 0 Å². The minimum Gasteiger partial charge on any atom is -0.346 e. The Hall–Kier alpha value is -2.61. The average molecular weight is 387 g/mol. The van der Waals surface area contributed by atoms with Crippen molar-refractivity contribution in [1.29, 1.82) is 0 Å². The molecule has 0 unspecified atom stereocenters. The third kappa shape index (κ3) is 2.58. The van der Waals surface area contributed by atoms with Crippen LogP contribution in [-0.4, -0.2) is 29.9 Å². The van der Waals surface area contributed by atoms with Crippen LogP contribution in [0.4, 0.5) is 4.39 Å². The highest BCUT2D eigenvalue weighted by Crippen LogP contribution is 2.25. The van der Waals surface area contributed by atoms with Gasteiger partial charge in [-0.2, -0.15) is 15.0 Å². The van der Waals surface area contributed by atoms with Crippen molar-refractivity contribution in [3.05, 3.63) is 58.3 Å². The molecule has 8 heteroatoms. The van der Waals surface area contributed by atoms with Crippen LogP contribution < -0.4 is 0 Å². The number of aromatic nitrogens is 6. The first-order valence-electron chi connectivity index (χ1n) is 7.26. The molecule has 0 fully saturated rings. The Bertz CT molecular complexity index is 1040. The molecule has 0 radical (unpaired) electrons. The van der Waals surface area contributed by atoms with Gasteiger partial charge in [0.05, 0.1) is 16.7 Å². The van der Waals surface area contributed by atoms with Gasteiger partial charge in [-0.15, -0.1) is 0 Å². The summed E-state index contributed by atoms with van der Waals surface area (Å²) in [4.78, 5) is 13.1. The summed E-state index contributed by atoms with van der Waals surface area (Å²) in [7, 11) is 0. The molecule has 0 saturated carbocycles. The van der Waals surface area contributed by atoms with E-state index in [4.69, 9.17) is 0 Å². The van der Waals surface area contributed by atoms with Crippen molar-refractivity contribution in [2.45, 2.75) is 13.5 Å². The Kier molecular flexibility index (Phi) is 3.61. The van der Waals surface area contributed by atoms with E-state index in [1.165, 1.54) is 12.4 Å². The van der Waals surface area contributed by atoms with Crippen LogP contribution in [0.2, 0.25) is 0 Å².